The summed E-state index contributed by atoms with van der Waals surface area (Å²) >= 11 is 0. The number of rotatable bonds is 5. The molecular formula is C28H21FN6O. The second-order valence-corrected chi connectivity index (χ2v) is 8.51. The first-order chi connectivity index (χ1) is 17.6. The van der Waals surface area contributed by atoms with Gasteiger partial charge < -0.3 is 10.3 Å². The van der Waals surface area contributed by atoms with E-state index in [0.29, 0.717) is 23.2 Å². The Morgan fingerprint density at radius 1 is 0.889 bits per heavy atom. The van der Waals surface area contributed by atoms with Crippen LogP contribution in [0.1, 0.15) is 13.3 Å². The normalized spacial score (nSPS) is 11.3. The van der Waals surface area contributed by atoms with Gasteiger partial charge in [0.25, 0.3) is 0 Å². The van der Waals surface area contributed by atoms with Gasteiger partial charge in [0.05, 0.1) is 34.8 Å². The van der Waals surface area contributed by atoms with Crippen LogP contribution in [0.2, 0.25) is 0 Å². The summed E-state index contributed by atoms with van der Waals surface area (Å²) in [6.07, 6.45) is 7.19. The van der Waals surface area contributed by atoms with Gasteiger partial charge >= 0.3 is 0 Å². The predicted octanol–water partition coefficient (Wildman–Crippen LogP) is 6.32. The Morgan fingerprint density at radius 2 is 1.75 bits per heavy atom. The number of H-pyrrole nitrogens is 2. The summed E-state index contributed by atoms with van der Waals surface area (Å²) in [4.78, 5) is 23.8. The zero-order valence-electron chi connectivity index (χ0n) is 19.3. The van der Waals surface area contributed by atoms with Crippen LogP contribution in [0.3, 0.4) is 0 Å². The smallest absolute Gasteiger partial charge is 0.224 e. The standard InChI is InChI=1S/C28H21FN6O/c1-2-27(36)32-18-9-17(12-30-13-18)16-7-8-24-21(10-16)28(35-34-24)25-11-20-22(14-31-15-26(20)33-25)19-5-3-4-6-23(19)29/h3-15,33H,2H2,1H3,(H,32,36)(H,34,35). The number of pyridine rings is 2. The summed E-state index contributed by atoms with van der Waals surface area (Å²) in [5.41, 5.74) is 6.88. The Balaban J connectivity index is 1.44. The molecule has 0 saturated carbocycles. The Hall–Kier alpha value is -4.85. The summed E-state index contributed by atoms with van der Waals surface area (Å²) in [6.45, 7) is 1.81. The van der Waals surface area contributed by atoms with Gasteiger partial charge in [-0.25, -0.2) is 4.39 Å². The van der Waals surface area contributed by atoms with Gasteiger partial charge in [-0.05, 0) is 35.9 Å². The zero-order chi connectivity index (χ0) is 24.6. The third kappa shape index (κ3) is 3.78. The molecule has 1 amide bonds. The molecule has 0 aliphatic rings. The van der Waals surface area contributed by atoms with Crippen LogP contribution in [0.15, 0.2) is 79.4 Å². The number of nitrogens with zero attached hydrogens (tertiary/aromatic N) is 3. The lowest BCUT2D eigenvalue weighted by Gasteiger charge is -2.06. The van der Waals surface area contributed by atoms with Gasteiger partial charge in [-0.1, -0.05) is 31.2 Å². The number of aromatic nitrogens is 5. The Labute approximate surface area is 205 Å². The highest BCUT2D eigenvalue weighted by atomic mass is 19.1. The summed E-state index contributed by atoms with van der Waals surface area (Å²) in [5.74, 6) is -0.361. The average molecular weight is 477 g/mol. The Bertz CT molecular complexity index is 1750. The number of carbonyl (C=O) groups excluding carboxylic acids is 1. The molecule has 2 aromatic carbocycles. The molecule has 3 N–H and O–H groups in total. The van der Waals surface area contributed by atoms with Gasteiger partial charge in [-0.2, -0.15) is 5.10 Å². The van der Waals surface area contributed by atoms with Gasteiger partial charge in [0.15, 0.2) is 0 Å². The van der Waals surface area contributed by atoms with Crippen LogP contribution in [0.25, 0.3) is 55.4 Å². The molecule has 4 heterocycles. The minimum absolute atomic E-state index is 0.0652. The SMILES string of the molecule is CCC(=O)Nc1cncc(-c2ccc3[nH]nc(-c4cc5c(-c6ccccc6F)cncc5[nH]4)c3c2)c1. The fourth-order valence-corrected chi connectivity index (χ4v) is 4.39. The number of hydrogen-bond donors (Lipinski definition) is 3. The molecule has 176 valence electrons. The quantitative estimate of drug-likeness (QED) is 0.271. The fourth-order valence-electron chi connectivity index (χ4n) is 4.39. The predicted molar refractivity (Wildman–Crippen MR) is 139 cm³/mol. The first-order valence-electron chi connectivity index (χ1n) is 11.6. The molecule has 0 radical (unpaired) electrons. The van der Waals surface area contributed by atoms with Crippen LogP contribution < -0.4 is 5.32 Å². The third-order valence-corrected chi connectivity index (χ3v) is 6.20. The molecule has 0 atom stereocenters. The summed E-state index contributed by atoms with van der Waals surface area (Å²) in [5, 5.41) is 12.3. The van der Waals surface area contributed by atoms with Gasteiger partial charge in [0, 0.05) is 46.3 Å². The molecule has 6 rings (SSSR count). The maximum atomic E-state index is 14.5. The lowest BCUT2D eigenvalue weighted by molar-refractivity contribution is -0.115. The largest absolute Gasteiger partial charge is 0.352 e. The number of fused-ring (bicyclic) bond motifs is 2. The fraction of sp³-hybridized carbons (Fsp3) is 0.0714. The van der Waals surface area contributed by atoms with Crippen molar-refractivity contribution >= 4 is 33.4 Å². The van der Waals surface area contributed by atoms with Crippen molar-refractivity contribution in [3.63, 3.8) is 0 Å². The van der Waals surface area contributed by atoms with E-state index in [1.165, 1.54) is 6.07 Å². The topological polar surface area (TPSA) is 99.3 Å². The van der Waals surface area contributed by atoms with Crippen molar-refractivity contribution in [3.8, 4) is 33.6 Å². The van der Waals surface area contributed by atoms with E-state index in [4.69, 9.17) is 0 Å². The van der Waals surface area contributed by atoms with Crippen molar-refractivity contribution in [2.45, 2.75) is 13.3 Å². The third-order valence-electron chi connectivity index (χ3n) is 6.20. The van der Waals surface area contributed by atoms with Crippen LogP contribution in [0, 0.1) is 5.82 Å². The maximum absolute atomic E-state index is 14.5. The molecule has 0 spiro atoms. The number of amides is 1. The van der Waals surface area contributed by atoms with E-state index < -0.39 is 0 Å². The van der Waals surface area contributed by atoms with Gasteiger partial charge in [-0.15, -0.1) is 0 Å². The molecule has 4 aromatic heterocycles. The van der Waals surface area contributed by atoms with Crippen molar-refractivity contribution in [2.75, 3.05) is 5.32 Å². The highest BCUT2D eigenvalue weighted by molar-refractivity contribution is 6.01. The average Bonchev–Trinajstić information content (AvgIpc) is 3.52. The molecule has 36 heavy (non-hydrogen) atoms. The monoisotopic (exact) mass is 476 g/mol. The summed E-state index contributed by atoms with van der Waals surface area (Å²) in [6, 6.07) is 16.5. The van der Waals surface area contributed by atoms with E-state index in [1.807, 2.05) is 36.4 Å². The number of benzene rings is 2. The van der Waals surface area contributed by atoms with E-state index in [1.54, 1.807) is 43.8 Å². The number of anilines is 1. The van der Waals surface area contributed by atoms with Crippen molar-refractivity contribution in [1.29, 1.82) is 0 Å². The van der Waals surface area contributed by atoms with Crippen molar-refractivity contribution in [1.82, 2.24) is 25.1 Å². The molecule has 0 saturated heterocycles. The lowest BCUT2D eigenvalue weighted by atomic mass is 10.0. The Morgan fingerprint density at radius 3 is 2.61 bits per heavy atom. The van der Waals surface area contributed by atoms with E-state index in [2.05, 4.69) is 30.5 Å². The highest BCUT2D eigenvalue weighted by Crippen LogP contribution is 2.35. The van der Waals surface area contributed by atoms with E-state index in [9.17, 15) is 9.18 Å². The lowest BCUT2D eigenvalue weighted by Crippen LogP contribution is -2.09. The Kier molecular flexibility index (Phi) is 5.26. The molecule has 0 bridgehead atoms. The molecule has 7 nitrogen and oxygen atoms in total. The van der Waals surface area contributed by atoms with Crippen LogP contribution in [0.5, 0.6) is 0 Å². The van der Waals surface area contributed by atoms with Gasteiger partial charge in [-0.3, -0.25) is 19.9 Å². The molecule has 8 heteroatoms. The molecule has 0 unspecified atom stereocenters. The maximum Gasteiger partial charge on any atom is 0.224 e. The van der Waals surface area contributed by atoms with Crippen molar-refractivity contribution in [3.05, 3.63) is 85.2 Å². The molecule has 0 fully saturated rings. The number of aromatic amines is 2. The van der Waals surface area contributed by atoms with E-state index in [0.717, 1.165) is 44.3 Å². The minimum atomic E-state index is -0.296. The van der Waals surface area contributed by atoms with Crippen LogP contribution in [-0.4, -0.2) is 31.1 Å². The van der Waals surface area contributed by atoms with Crippen molar-refractivity contribution < 1.29 is 9.18 Å². The molecular weight excluding hydrogens is 455 g/mol. The van der Waals surface area contributed by atoms with E-state index in [-0.39, 0.29) is 11.7 Å². The number of nitrogens with one attached hydrogen (secondary N) is 3. The van der Waals surface area contributed by atoms with Gasteiger partial charge in [0.1, 0.15) is 11.5 Å². The molecule has 0 aliphatic carbocycles. The van der Waals surface area contributed by atoms with Gasteiger partial charge in [0.2, 0.25) is 5.91 Å². The van der Waals surface area contributed by atoms with E-state index >= 15 is 0 Å². The minimum Gasteiger partial charge on any atom is -0.352 e. The van der Waals surface area contributed by atoms with Crippen molar-refractivity contribution in [2.24, 2.45) is 0 Å². The first kappa shape index (κ1) is 21.7. The molecule has 6 aromatic rings. The van der Waals surface area contributed by atoms with Crippen LogP contribution in [-0.2, 0) is 4.79 Å². The number of carbonyl (C=O) groups is 1. The van der Waals surface area contributed by atoms with Crippen LogP contribution in [0.4, 0.5) is 10.1 Å². The zero-order valence-corrected chi connectivity index (χ0v) is 19.3. The second kappa shape index (κ2) is 8.74. The second-order valence-electron chi connectivity index (χ2n) is 8.51. The molecule has 0 aliphatic heterocycles. The van der Waals surface area contributed by atoms with Crippen LogP contribution >= 0.6 is 0 Å². The highest BCUT2D eigenvalue weighted by Gasteiger charge is 2.16. The summed E-state index contributed by atoms with van der Waals surface area (Å²) < 4.78 is 14.5. The number of halogens is 1. The number of hydrogen-bond acceptors (Lipinski definition) is 4. The summed E-state index contributed by atoms with van der Waals surface area (Å²) in [7, 11) is 0. The first-order valence-corrected chi connectivity index (χ1v) is 11.6.